The molecule has 1 aromatic rings. The molecule has 0 heterocycles. The molecule has 0 bridgehead atoms. The summed E-state index contributed by atoms with van der Waals surface area (Å²) < 4.78 is 0. The molecule has 1 atom stereocenters. The van der Waals surface area contributed by atoms with Crippen molar-refractivity contribution in [2.75, 3.05) is 0 Å². The highest BCUT2D eigenvalue weighted by molar-refractivity contribution is 5.25. The minimum Gasteiger partial charge on any atom is -0.324 e. The van der Waals surface area contributed by atoms with Gasteiger partial charge in [0.05, 0.1) is 6.07 Å². The molecule has 0 radical (unpaired) electrons. The highest BCUT2D eigenvalue weighted by Crippen LogP contribution is 2.17. The Labute approximate surface area is 98.1 Å². The molecule has 0 aliphatic rings. The van der Waals surface area contributed by atoms with Gasteiger partial charge in [-0.15, -0.1) is 0 Å². The van der Waals surface area contributed by atoms with Crippen molar-refractivity contribution in [2.24, 2.45) is 11.7 Å². The Balaban J connectivity index is 2.60. The fraction of sp³-hybridized carbons (Fsp3) is 0.500. The number of hydrogen-bond donors (Lipinski definition) is 1. The summed E-state index contributed by atoms with van der Waals surface area (Å²) >= 11 is 0. The summed E-state index contributed by atoms with van der Waals surface area (Å²) in [6.07, 6.45) is 2.36. The molecule has 2 heteroatoms. The number of nitriles is 1. The number of nitrogens with zero attached hydrogens (tertiary/aromatic N) is 1. The second-order valence-corrected chi connectivity index (χ2v) is 4.64. The predicted octanol–water partition coefficient (Wildman–Crippen LogP) is 3.19. The van der Waals surface area contributed by atoms with E-state index < -0.39 is 0 Å². The molecule has 2 nitrogen and oxygen atoms in total. The summed E-state index contributed by atoms with van der Waals surface area (Å²) in [6, 6.07) is 10.6. The van der Waals surface area contributed by atoms with Crippen molar-refractivity contribution in [1.82, 2.24) is 0 Å². The van der Waals surface area contributed by atoms with Crippen LogP contribution in [0.1, 0.15) is 43.9 Å². The molecule has 0 saturated carbocycles. The summed E-state index contributed by atoms with van der Waals surface area (Å²) in [5, 5.41) is 8.50. The fourth-order valence-corrected chi connectivity index (χ4v) is 1.76. The van der Waals surface area contributed by atoms with E-state index in [9.17, 15) is 0 Å². The van der Waals surface area contributed by atoms with Crippen molar-refractivity contribution < 1.29 is 0 Å². The highest BCUT2D eigenvalue weighted by atomic mass is 14.6. The second kappa shape index (κ2) is 6.30. The van der Waals surface area contributed by atoms with Crippen LogP contribution in [-0.2, 0) is 6.42 Å². The Hall–Kier alpha value is -1.33. The summed E-state index contributed by atoms with van der Waals surface area (Å²) in [7, 11) is 0. The quantitative estimate of drug-likeness (QED) is 0.821. The Kier molecular flexibility index (Phi) is 5.01. The normalized spacial score (nSPS) is 12.4. The van der Waals surface area contributed by atoms with Crippen molar-refractivity contribution in [1.29, 1.82) is 5.26 Å². The average Bonchev–Trinajstić information content (AvgIpc) is 2.26. The molecule has 0 aliphatic heterocycles. The molecular weight excluding hydrogens is 196 g/mol. The van der Waals surface area contributed by atoms with E-state index in [4.69, 9.17) is 11.0 Å². The Morgan fingerprint density at radius 1 is 1.25 bits per heavy atom. The first-order valence-electron chi connectivity index (χ1n) is 5.85. The maximum Gasteiger partial charge on any atom is 0.0622 e. The molecule has 1 unspecified atom stereocenters. The summed E-state index contributed by atoms with van der Waals surface area (Å²) in [4.78, 5) is 0. The lowest BCUT2D eigenvalue weighted by molar-refractivity contribution is 0.644. The smallest absolute Gasteiger partial charge is 0.0622 e. The van der Waals surface area contributed by atoms with E-state index in [2.05, 4.69) is 44.2 Å². The van der Waals surface area contributed by atoms with Crippen LogP contribution in [0.4, 0.5) is 0 Å². The second-order valence-electron chi connectivity index (χ2n) is 4.64. The van der Waals surface area contributed by atoms with Gasteiger partial charge in [-0.25, -0.2) is 0 Å². The van der Waals surface area contributed by atoms with Gasteiger partial charge in [0.2, 0.25) is 0 Å². The van der Waals surface area contributed by atoms with Crippen LogP contribution < -0.4 is 5.73 Å². The van der Waals surface area contributed by atoms with Crippen LogP contribution >= 0.6 is 0 Å². The third kappa shape index (κ3) is 4.04. The standard InChI is InChI=1S/C14H20N2/c1-11(2)10-12-5-7-13(8-6-12)14(16)4-3-9-15/h5-8,11,14H,3-4,10,16H2,1-2H3. The number of rotatable bonds is 5. The van der Waals surface area contributed by atoms with E-state index >= 15 is 0 Å². The molecule has 0 amide bonds. The van der Waals surface area contributed by atoms with E-state index in [1.165, 1.54) is 5.56 Å². The van der Waals surface area contributed by atoms with Crippen LogP contribution in [0.2, 0.25) is 0 Å². The lowest BCUT2D eigenvalue weighted by Gasteiger charge is -2.11. The monoisotopic (exact) mass is 216 g/mol. The van der Waals surface area contributed by atoms with Crippen molar-refractivity contribution in [3.05, 3.63) is 35.4 Å². The molecular formula is C14H20N2. The largest absolute Gasteiger partial charge is 0.324 e. The number of benzene rings is 1. The van der Waals surface area contributed by atoms with Gasteiger partial charge in [0, 0.05) is 12.5 Å². The maximum atomic E-state index is 8.50. The van der Waals surface area contributed by atoms with E-state index in [0.717, 1.165) is 18.4 Å². The minimum atomic E-state index is -0.00671. The average molecular weight is 216 g/mol. The minimum absolute atomic E-state index is 0.00671. The van der Waals surface area contributed by atoms with E-state index in [1.807, 2.05) is 0 Å². The Morgan fingerprint density at radius 3 is 2.38 bits per heavy atom. The molecule has 16 heavy (non-hydrogen) atoms. The highest BCUT2D eigenvalue weighted by Gasteiger charge is 2.05. The molecule has 0 aromatic heterocycles. The van der Waals surface area contributed by atoms with E-state index in [1.54, 1.807) is 0 Å². The maximum absolute atomic E-state index is 8.50. The van der Waals surface area contributed by atoms with Gasteiger partial charge in [0.15, 0.2) is 0 Å². The van der Waals surface area contributed by atoms with Gasteiger partial charge in [0.1, 0.15) is 0 Å². The summed E-state index contributed by atoms with van der Waals surface area (Å²) in [5.74, 6) is 0.679. The lowest BCUT2D eigenvalue weighted by atomic mass is 9.98. The first-order valence-corrected chi connectivity index (χ1v) is 5.85. The Morgan fingerprint density at radius 2 is 1.88 bits per heavy atom. The van der Waals surface area contributed by atoms with Crippen molar-refractivity contribution in [3.63, 3.8) is 0 Å². The molecule has 0 spiro atoms. The third-order valence-corrected chi connectivity index (χ3v) is 2.62. The van der Waals surface area contributed by atoms with E-state index in [0.29, 0.717) is 12.3 Å². The van der Waals surface area contributed by atoms with Crippen LogP contribution in [0.15, 0.2) is 24.3 Å². The molecule has 1 rings (SSSR count). The van der Waals surface area contributed by atoms with Crippen LogP contribution in [0.25, 0.3) is 0 Å². The van der Waals surface area contributed by atoms with Crippen LogP contribution in [-0.4, -0.2) is 0 Å². The molecule has 1 aromatic carbocycles. The molecule has 2 N–H and O–H groups in total. The number of hydrogen-bond acceptors (Lipinski definition) is 2. The van der Waals surface area contributed by atoms with Crippen LogP contribution in [0, 0.1) is 17.2 Å². The van der Waals surface area contributed by atoms with Gasteiger partial charge in [-0.3, -0.25) is 0 Å². The van der Waals surface area contributed by atoms with Crippen LogP contribution in [0.5, 0.6) is 0 Å². The lowest BCUT2D eigenvalue weighted by Crippen LogP contribution is -2.09. The van der Waals surface area contributed by atoms with Crippen molar-refractivity contribution in [2.45, 2.75) is 39.2 Å². The van der Waals surface area contributed by atoms with Crippen molar-refractivity contribution in [3.8, 4) is 6.07 Å². The summed E-state index contributed by atoms with van der Waals surface area (Å²) in [6.45, 7) is 4.43. The molecule has 0 saturated heterocycles. The Bertz CT molecular complexity index is 346. The van der Waals surface area contributed by atoms with Gasteiger partial charge in [-0.05, 0) is 29.9 Å². The van der Waals surface area contributed by atoms with Gasteiger partial charge < -0.3 is 5.73 Å². The predicted molar refractivity (Wildman–Crippen MR) is 66.8 cm³/mol. The van der Waals surface area contributed by atoms with Gasteiger partial charge in [-0.1, -0.05) is 38.1 Å². The topological polar surface area (TPSA) is 49.8 Å². The van der Waals surface area contributed by atoms with Gasteiger partial charge >= 0.3 is 0 Å². The third-order valence-electron chi connectivity index (χ3n) is 2.62. The van der Waals surface area contributed by atoms with Gasteiger partial charge in [0.25, 0.3) is 0 Å². The first kappa shape index (κ1) is 12.7. The molecule has 86 valence electrons. The zero-order chi connectivity index (χ0) is 12.0. The zero-order valence-electron chi connectivity index (χ0n) is 10.1. The molecule has 0 aliphatic carbocycles. The SMILES string of the molecule is CC(C)Cc1ccc(C(N)CCC#N)cc1. The zero-order valence-corrected chi connectivity index (χ0v) is 10.1. The summed E-state index contributed by atoms with van der Waals surface area (Å²) in [5.41, 5.74) is 8.46. The molecule has 0 fully saturated rings. The number of nitrogens with two attached hydrogens (primary N) is 1. The van der Waals surface area contributed by atoms with Crippen LogP contribution in [0.3, 0.4) is 0 Å². The van der Waals surface area contributed by atoms with Crippen molar-refractivity contribution >= 4 is 0 Å². The first-order chi connectivity index (χ1) is 7.63. The van der Waals surface area contributed by atoms with Gasteiger partial charge in [-0.2, -0.15) is 5.26 Å². The van der Waals surface area contributed by atoms with E-state index in [-0.39, 0.29) is 6.04 Å². The fourth-order valence-electron chi connectivity index (χ4n) is 1.76.